The van der Waals surface area contributed by atoms with Crippen molar-refractivity contribution in [1.82, 2.24) is 5.32 Å². The van der Waals surface area contributed by atoms with Gasteiger partial charge in [-0.2, -0.15) is 0 Å². The lowest BCUT2D eigenvalue weighted by Crippen LogP contribution is -2.17. The molecule has 0 aliphatic rings. The summed E-state index contributed by atoms with van der Waals surface area (Å²) in [7, 11) is 0. The molecule has 3 N–H and O–H groups in total. The summed E-state index contributed by atoms with van der Waals surface area (Å²) >= 11 is 0. The molecule has 0 fully saturated rings. The van der Waals surface area contributed by atoms with E-state index in [1.165, 1.54) is 6.20 Å². The Morgan fingerprint density at radius 1 is 1.38 bits per heavy atom. The van der Waals surface area contributed by atoms with E-state index >= 15 is 0 Å². The maximum absolute atomic E-state index is 5.68. The van der Waals surface area contributed by atoms with Gasteiger partial charge in [0, 0.05) is 30.9 Å². The molecule has 0 aliphatic heterocycles. The molecule has 0 heterocycles. The number of hydrogen-bond donors (Lipinski definition) is 2. The molecule has 0 aliphatic carbocycles. The summed E-state index contributed by atoms with van der Waals surface area (Å²) in [5.74, 6) is 0. The number of allylic oxidation sites excluding steroid dienone is 2. The Balaban J connectivity index is 3.77. The van der Waals surface area contributed by atoms with Crippen LogP contribution in [0.2, 0.25) is 0 Å². The summed E-state index contributed by atoms with van der Waals surface area (Å²) in [4.78, 5) is 7.98. The molecule has 0 atom stereocenters. The molecular formula is C12H20N4. The summed E-state index contributed by atoms with van der Waals surface area (Å²) in [6, 6.07) is 0. The van der Waals surface area contributed by atoms with Gasteiger partial charge in [-0.25, -0.2) is 0 Å². The smallest absolute Gasteiger partial charge is 0.0887 e. The van der Waals surface area contributed by atoms with E-state index in [9.17, 15) is 0 Å². The number of hydrogen-bond acceptors (Lipinski definition) is 4. The first-order valence-electron chi connectivity index (χ1n) is 5.03. The number of rotatable bonds is 7. The SMILES string of the molecule is C=CN=CC(=C)CNCN=CC(N)=C(C)C. The normalized spacial score (nSPS) is 10.9. The van der Waals surface area contributed by atoms with Gasteiger partial charge in [0.25, 0.3) is 0 Å². The Morgan fingerprint density at radius 2 is 2.06 bits per heavy atom. The molecule has 0 saturated heterocycles. The second-order valence-corrected chi connectivity index (χ2v) is 3.47. The fourth-order valence-electron chi connectivity index (χ4n) is 0.758. The summed E-state index contributed by atoms with van der Waals surface area (Å²) in [5.41, 5.74) is 8.32. The van der Waals surface area contributed by atoms with Crippen molar-refractivity contribution in [2.45, 2.75) is 13.8 Å². The maximum Gasteiger partial charge on any atom is 0.0887 e. The number of aliphatic imine (C=N–C) groups is 2. The highest BCUT2D eigenvalue weighted by Gasteiger charge is 1.88. The third kappa shape index (κ3) is 7.70. The van der Waals surface area contributed by atoms with Crippen molar-refractivity contribution in [2.75, 3.05) is 13.2 Å². The predicted molar refractivity (Wildman–Crippen MR) is 71.8 cm³/mol. The summed E-state index contributed by atoms with van der Waals surface area (Å²) < 4.78 is 0. The molecule has 0 rings (SSSR count). The van der Waals surface area contributed by atoms with Crippen LogP contribution in [0.15, 0.2) is 46.2 Å². The van der Waals surface area contributed by atoms with Gasteiger partial charge in [0.1, 0.15) is 0 Å². The molecule has 0 saturated carbocycles. The predicted octanol–water partition coefficient (Wildman–Crippen LogP) is 1.63. The Kier molecular flexibility index (Phi) is 7.71. The summed E-state index contributed by atoms with van der Waals surface area (Å²) in [6.07, 6.45) is 4.79. The molecule has 0 bridgehead atoms. The monoisotopic (exact) mass is 220 g/mol. The Bertz CT molecular complexity index is 320. The molecular weight excluding hydrogens is 200 g/mol. The van der Waals surface area contributed by atoms with Crippen LogP contribution >= 0.6 is 0 Å². The van der Waals surface area contributed by atoms with Crippen LogP contribution < -0.4 is 11.1 Å². The molecule has 16 heavy (non-hydrogen) atoms. The molecule has 0 unspecified atom stereocenters. The topological polar surface area (TPSA) is 62.8 Å². The largest absolute Gasteiger partial charge is 0.398 e. The molecule has 0 spiro atoms. The standard InChI is InChI=1S/C12H20N4/c1-5-14-6-11(4)7-15-9-16-8-12(13)10(2)3/h5-6,8,15H,1,4,7,9,13H2,2-3H3. The average molecular weight is 220 g/mol. The van der Waals surface area contributed by atoms with Crippen molar-refractivity contribution in [3.63, 3.8) is 0 Å². The highest BCUT2D eigenvalue weighted by molar-refractivity contribution is 5.79. The molecule has 0 radical (unpaired) electrons. The zero-order valence-corrected chi connectivity index (χ0v) is 10.0. The zero-order chi connectivity index (χ0) is 12.4. The fourth-order valence-corrected chi connectivity index (χ4v) is 0.758. The number of nitrogens with zero attached hydrogens (tertiary/aromatic N) is 2. The van der Waals surface area contributed by atoms with Crippen molar-refractivity contribution >= 4 is 12.4 Å². The molecule has 0 amide bonds. The number of nitrogens with two attached hydrogens (primary N) is 1. The third-order valence-electron chi connectivity index (χ3n) is 1.73. The quantitative estimate of drug-likeness (QED) is 0.506. The summed E-state index contributed by atoms with van der Waals surface area (Å²) in [6.45, 7) is 12.3. The Labute approximate surface area is 97.4 Å². The van der Waals surface area contributed by atoms with E-state index < -0.39 is 0 Å². The average Bonchev–Trinajstić information content (AvgIpc) is 2.25. The highest BCUT2D eigenvalue weighted by Crippen LogP contribution is 1.91. The van der Waals surface area contributed by atoms with Gasteiger partial charge in [-0.15, -0.1) is 0 Å². The van der Waals surface area contributed by atoms with E-state index in [1.54, 1.807) is 12.4 Å². The highest BCUT2D eigenvalue weighted by atomic mass is 15.0. The van der Waals surface area contributed by atoms with E-state index in [1.807, 2.05) is 13.8 Å². The molecule has 4 heteroatoms. The van der Waals surface area contributed by atoms with Gasteiger partial charge in [-0.3, -0.25) is 15.3 Å². The third-order valence-corrected chi connectivity index (χ3v) is 1.73. The molecule has 88 valence electrons. The van der Waals surface area contributed by atoms with Crippen molar-refractivity contribution in [3.05, 3.63) is 36.2 Å². The molecule has 4 nitrogen and oxygen atoms in total. The first kappa shape index (κ1) is 14.3. The van der Waals surface area contributed by atoms with E-state index in [-0.39, 0.29) is 0 Å². The van der Waals surface area contributed by atoms with Crippen molar-refractivity contribution in [1.29, 1.82) is 0 Å². The van der Waals surface area contributed by atoms with Crippen molar-refractivity contribution in [2.24, 2.45) is 15.7 Å². The fraction of sp³-hybridized carbons (Fsp3) is 0.333. The van der Waals surface area contributed by atoms with E-state index in [0.29, 0.717) is 18.9 Å². The van der Waals surface area contributed by atoms with Crippen molar-refractivity contribution < 1.29 is 0 Å². The van der Waals surface area contributed by atoms with Gasteiger partial charge in [-0.05, 0) is 19.4 Å². The lowest BCUT2D eigenvalue weighted by Gasteiger charge is -2.00. The second-order valence-electron chi connectivity index (χ2n) is 3.47. The molecule has 0 aromatic carbocycles. The minimum atomic E-state index is 0.509. The van der Waals surface area contributed by atoms with Crippen LogP contribution in [0.25, 0.3) is 0 Å². The summed E-state index contributed by atoms with van der Waals surface area (Å²) in [5, 5.41) is 3.09. The van der Waals surface area contributed by atoms with E-state index in [0.717, 1.165) is 11.1 Å². The van der Waals surface area contributed by atoms with Crippen LogP contribution in [0, 0.1) is 0 Å². The van der Waals surface area contributed by atoms with Gasteiger partial charge in [0.05, 0.1) is 6.67 Å². The number of nitrogens with one attached hydrogen (secondary N) is 1. The second kappa shape index (κ2) is 8.61. The lowest BCUT2D eigenvalue weighted by molar-refractivity contribution is 0.772. The molecule has 0 aromatic rings. The van der Waals surface area contributed by atoms with Crippen LogP contribution in [0.5, 0.6) is 0 Å². The molecule has 0 aromatic heterocycles. The lowest BCUT2D eigenvalue weighted by atomic mass is 10.3. The van der Waals surface area contributed by atoms with Crippen molar-refractivity contribution in [3.8, 4) is 0 Å². The Hall–Kier alpha value is -1.68. The Morgan fingerprint density at radius 3 is 2.62 bits per heavy atom. The van der Waals surface area contributed by atoms with Crippen LogP contribution in [-0.4, -0.2) is 25.6 Å². The minimum Gasteiger partial charge on any atom is -0.398 e. The first-order chi connectivity index (χ1) is 7.57. The van der Waals surface area contributed by atoms with Crippen LogP contribution in [0.4, 0.5) is 0 Å². The van der Waals surface area contributed by atoms with E-state index in [4.69, 9.17) is 5.73 Å². The van der Waals surface area contributed by atoms with Gasteiger partial charge < -0.3 is 5.73 Å². The zero-order valence-electron chi connectivity index (χ0n) is 10.0. The van der Waals surface area contributed by atoms with Gasteiger partial charge in [0.15, 0.2) is 0 Å². The van der Waals surface area contributed by atoms with Crippen LogP contribution in [-0.2, 0) is 0 Å². The maximum atomic E-state index is 5.68. The van der Waals surface area contributed by atoms with Crippen LogP contribution in [0.1, 0.15) is 13.8 Å². The minimum absolute atomic E-state index is 0.509. The first-order valence-corrected chi connectivity index (χ1v) is 5.03. The van der Waals surface area contributed by atoms with Crippen LogP contribution in [0.3, 0.4) is 0 Å². The van der Waals surface area contributed by atoms with Gasteiger partial charge >= 0.3 is 0 Å². The van der Waals surface area contributed by atoms with E-state index in [2.05, 4.69) is 28.5 Å². The van der Waals surface area contributed by atoms with Gasteiger partial charge in [-0.1, -0.05) is 18.7 Å². The van der Waals surface area contributed by atoms with Gasteiger partial charge in [0.2, 0.25) is 0 Å².